The normalized spacial score (nSPS) is 10.7. The Morgan fingerprint density at radius 3 is 2.64 bits per heavy atom. The zero-order valence-corrected chi connectivity index (χ0v) is 16.1. The predicted octanol–water partition coefficient (Wildman–Crippen LogP) is 5.40. The quantitative estimate of drug-likeness (QED) is 0.552. The van der Waals surface area contributed by atoms with Crippen molar-refractivity contribution in [2.75, 3.05) is 11.6 Å². The van der Waals surface area contributed by atoms with Crippen LogP contribution >= 0.6 is 39.3 Å². The van der Waals surface area contributed by atoms with Crippen LogP contribution in [0.4, 0.5) is 10.1 Å². The molecule has 128 valence electrons. The SMILES string of the molecule is CSc1ncc(C(=O)Nc2ccc(Br)cc2Cl)n1-c1ccc(F)cc1. The molecule has 3 rings (SSSR count). The summed E-state index contributed by atoms with van der Waals surface area (Å²) in [6, 6.07) is 11.1. The van der Waals surface area contributed by atoms with Gasteiger partial charge in [0.25, 0.3) is 5.91 Å². The molecule has 0 fully saturated rings. The highest BCUT2D eigenvalue weighted by atomic mass is 79.9. The van der Waals surface area contributed by atoms with Crippen molar-refractivity contribution >= 4 is 50.9 Å². The Kier molecular flexibility index (Phi) is 5.46. The maximum Gasteiger partial charge on any atom is 0.274 e. The van der Waals surface area contributed by atoms with Crippen molar-refractivity contribution in [1.82, 2.24) is 9.55 Å². The molecule has 0 spiro atoms. The van der Waals surface area contributed by atoms with Crippen molar-refractivity contribution in [3.63, 3.8) is 0 Å². The van der Waals surface area contributed by atoms with Crippen LogP contribution < -0.4 is 5.32 Å². The zero-order valence-electron chi connectivity index (χ0n) is 13.0. The summed E-state index contributed by atoms with van der Waals surface area (Å²) in [6.45, 7) is 0. The lowest BCUT2D eigenvalue weighted by Gasteiger charge is -2.12. The van der Waals surface area contributed by atoms with Crippen LogP contribution in [0.1, 0.15) is 10.5 Å². The van der Waals surface area contributed by atoms with Crippen LogP contribution in [0.2, 0.25) is 5.02 Å². The minimum atomic E-state index is -0.360. The van der Waals surface area contributed by atoms with E-state index in [1.165, 1.54) is 30.1 Å². The Bertz CT molecular complexity index is 930. The maximum absolute atomic E-state index is 13.2. The molecule has 0 bridgehead atoms. The van der Waals surface area contributed by atoms with Gasteiger partial charge in [-0.05, 0) is 48.7 Å². The van der Waals surface area contributed by atoms with E-state index >= 15 is 0 Å². The number of benzene rings is 2. The second-order valence-corrected chi connectivity index (χ2v) is 7.12. The van der Waals surface area contributed by atoms with Gasteiger partial charge in [-0.15, -0.1) is 0 Å². The molecule has 1 aromatic heterocycles. The highest BCUT2D eigenvalue weighted by molar-refractivity contribution is 9.10. The number of amides is 1. The fourth-order valence-electron chi connectivity index (χ4n) is 2.26. The number of halogens is 3. The first-order chi connectivity index (χ1) is 12.0. The number of rotatable bonds is 4. The van der Waals surface area contributed by atoms with Crippen LogP contribution in [0.3, 0.4) is 0 Å². The van der Waals surface area contributed by atoms with Gasteiger partial charge in [0, 0.05) is 10.2 Å². The van der Waals surface area contributed by atoms with Crippen LogP contribution in [0.5, 0.6) is 0 Å². The number of anilines is 1. The topological polar surface area (TPSA) is 46.9 Å². The minimum Gasteiger partial charge on any atom is -0.319 e. The minimum absolute atomic E-state index is 0.329. The molecule has 0 aliphatic heterocycles. The number of nitrogens with zero attached hydrogens (tertiary/aromatic N) is 2. The summed E-state index contributed by atoms with van der Waals surface area (Å²) in [4.78, 5) is 17.0. The van der Waals surface area contributed by atoms with Gasteiger partial charge < -0.3 is 5.32 Å². The van der Waals surface area contributed by atoms with Crippen molar-refractivity contribution in [2.24, 2.45) is 0 Å². The number of nitrogens with one attached hydrogen (secondary N) is 1. The van der Waals surface area contributed by atoms with E-state index in [1.54, 1.807) is 34.9 Å². The number of hydrogen-bond acceptors (Lipinski definition) is 3. The molecule has 0 saturated carbocycles. The number of thioether (sulfide) groups is 1. The summed E-state index contributed by atoms with van der Waals surface area (Å²) in [5.41, 5.74) is 1.47. The lowest BCUT2D eigenvalue weighted by Crippen LogP contribution is -2.17. The fourth-order valence-corrected chi connectivity index (χ4v) is 3.52. The van der Waals surface area contributed by atoms with Gasteiger partial charge in [-0.1, -0.05) is 39.3 Å². The Balaban J connectivity index is 1.98. The monoisotopic (exact) mass is 439 g/mol. The maximum atomic E-state index is 13.2. The lowest BCUT2D eigenvalue weighted by molar-refractivity contribution is 0.102. The third kappa shape index (κ3) is 3.89. The molecule has 0 atom stereocenters. The number of imidazole rings is 1. The van der Waals surface area contributed by atoms with Crippen molar-refractivity contribution < 1.29 is 9.18 Å². The summed E-state index contributed by atoms with van der Waals surface area (Å²) in [7, 11) is 0. The molecule has 3 aromatic rings. The summed E-state index contributed by atoms with van der Waals surface area (Å²) >= 11 is 10.9. The van der Waals surface area contributed by atoms with E-state index in [0.717, 1.165) is 4.47 Å². The van der Waals surface area contributed by atoms with Gasteiger partial charge >= 0.3 is 0 Å². The largest absolute Gasteiger partial charge is 0.319 e. The molecule has 1 N–H and O–H groups in total. The van der Waals surface area contributed by atoms with Crippen LogP contribution in [-0.4, -0.2) is 21.7 Å². The van der Waals surface area contributed by atoms with E-state index in [0.29, 0.717) is 27.2 Å². The number of aromatic nitrogens is 2. The molecule has 1 amide bonds. The molecule has 0 aliphatic carbocycles. The molecule has 4 nitrogen and oxygen atoms in total. The Morgan fingerprint density at radius 2 is 2.00 bits per heavy atom. The van der Waals surface area contributed by atoms with Crippen molar-refractivity contribution in [3.05, 3.63) is 69.7 Å². The molecule has 25 heavy (non-hydrogen) atoms. The van der Waals surface area contributed by atoms with Crippen LogP contribution in [0.15, 0.2) is 58.3 Å². The molecular formula is C17H12BrClFN3OS. The van der Waals surface area contributed by atoms with E-state index < -0.39 is 0 Å². The first-order valence-electron chi connectivity index (χ1n) is 7.13. The number of carbonyl (C=O) groups is 1. The summed E-state index contributed by atoms with van der Waals surface area (Å²) < 4.78 is 15.7. The van der Waals surface area contributed by atoms with Gasteiger partial charge in [-0.3, -0.25) is 9.36 Å². The smallest absolute Gasteiger partial charge is 0.274 e. The Labute approximate surface area is 161 Å². The zero-order chi connectivity index (χ0) is 18.0. The number of hydrogen-bond donors (Lipinski definition) is 1. The van der Waals surface area contributed by atoms with E-state index in [9.17, 15) is 9.18 Å². The molecular weight excluding hydrogens is 429 g/mol. The molecule has 2 aromatic carbocycles. The van der Waals surface area contributed by atoms with Gasteiger partial charge in [0.2, 0.25) is 0 Å². The van der Waals surface area contributed by atoms with E-state index in [-0.39, 0.29) is 11.7 Å². The second kappa shape index (κ2) is 7.59. The Hall–Kier alpha value is -1.83. The highest BCUT2D eigenvalue weighted by Crippen LogP contribution is 2.27. The highest BCUT2D eigenvalue weighted by Gasteiger charge is 2.18. The third-order valence-corrected chi connectivity index (χ3v) is 4.87. The number of carbonyl (C=O) groups excluding carboxylic acids is 1. The summed E-state index contributed by atoms with van der Waals surface area (Å²) in [5, 5.41) is 3.82. The van der Waals surface area contributed by atoms with Crippen LogP contribution in [0.25, 0.3) is 5.69 Å². The standard InChI is InChI=1S/C17H12BrClFN3OS/c1-25-17-21-9-15(23(17)12-5-3-11(20)4-6-12)16(24)22-14-7-2-10(18)8-13(14)19/h2-9H,1H3,(H,22,24). The Morgan fingerprint density at radius 1 is 1.28 bits per heavy atom. The molecule has 0 aliphatic rings. The van der Waals surface area contributed by atoms with Gasteiger partial charge in [0.1, 0.15) is 11.5 Å². The van der Waals surface area contributed by atoms with E-state index in [1.807, 2.05) is 6.26 Å². The van der Waals surface area contributed by atoms with Gasteiger partial charge in [0.15, 0.2) is 5.16 Å². The third-order valence-electron chi connectivity index (χ3n) is 3.41. The van der Waals surface area contributed by atoms with Crippen LogP contribution in [-0.2, 0) is 0 Å². The summed E-state index contributed by atoms with van der Waals surface area (Å²) in [5.74, 6) is -0.705. The van der Waals surface area contributed by atoms with Crippen molar-refractivity contribution in [2.45, 2.75) is 5.16 Å². The van der Waals surface area contributed by atoms with Gasteiger partial charge in [-0.25, -0.2) is 9.37 Å². The van der Waals surface area contributed by atoms with Gasteiger partial charge in [-0.2, -0.15) is 0 Å². The van der Waals surface area contributed by atoms with E-state index in [2.05, 4.69) is 26.2 Å². The summed E-state index contributed by atoms with van der Waals surface area (Å²) in [6.07, 6.45) is 3.34. The molecule has 0 unspecified atom stereocenters. The lowest BCUT2D eigenvalue weighted by atomic mass is 10.3. The first kappa shape index (κ1) is 18.0. The average molecular weight is 441 g/mol. The molecule has 1 heterocycles. The van der Waals surface area contributed by atoms with E-state index in [4.69, 9.17) is 11.6 Å². The molecule has 0 radical (unpaired) electrons. The van der Waals surface area contributed by atoms with Crippen LogP contribution in [0, 0.1) is 5.82 Å². The average Bonchev–Trinajstić information content (AvgIpc) is 3.02. The molecule has 0 saturated heterocycles. The fraction of sp³-hybridized carbons (Fsp3) is 0.0588. The second-order valence-electron chi connectivity index (χ2n) is 5.02. The molecule has 8 heteroatoms. The van der Waals surface area contributed by atoms with Gasteiger partial charge in [0.05, 0.1) is 16.9 Å². The van der Waals surface area contributed by atoms with Crippen molar-refractivity contribution in [1.29, 1.82) is 0 Å². The predicted molar refractivity (Wildman–Crippen MR) is 102 cm³/mol. The first-order valence-corrected chi connectivity index (χ1v) is 9.53. The van der Waals surface area contributed by atoms with Crippen molar-refractivity contribution in [3.8, 4) is 5.69 Å².